The predicted octanol–water partition coefficient (Wildman–Crippen LogP) is 9.44. The van der Waals surface area contributed by atoms with Gasteiger partial charge in [-0.05, 0) is 96.4 Å². The number of rotatable bonds is 31. The molecule has 0 saturated heterocycles. The van der Waals surface area contributed by atoms with Crippen LogP contribution in [0.4, 0.5) is 0 Å². The Morgan fingerprint density at radius 1 is 0.652 bits per heavy atom. The van der Waals surface area contributed by atoms with E-state index < -0.39 is 12.0 Å². The summed E-state index contributed by atoms with van der Waals surface area (Å²) in [7, 11) is 0. The van der Waals surface area contributed by atoms with Crippen molar-refractivity contribution in [1.29, 1.82) is 0 Å². The van der Waals surface area contributed by atoms with Crippen molar-refractivity contribution < 1.29 is 24.2 Å². The number of carboxylic acid groups (broad SMARTS) is 1. The largest absolute Gasteiger partial charge is 0.480 e. The first kappa shape index (κ1) is 43.1. The van der Waals surface area contributed by atoms with Crippen molar-refractivity contribution in [3.8, 4) is 0 Å². The van der Waals surface area contributed by atoms with Gasteiger partial charge in [-0.1, -0.05) is 107 Å². The Morgan fingerprint density at radius 2 is 1.20 bits per heavy atom. The van der Waals surface area contributed by atoms with Crippen LogP contribution in [0.25, 0.3) is 0 Å². The molecule has 0 aliphatic heterocycles. The molecule has 0 bridgehead atoms. The molecule has 0 saturated carbocycles. The number of esters is 1. The number of allylic oxidation sites excluding steroid dienone is 10. The van der Waals surface area contributed by atoms with E-state index >= 15 is 0 Å². The van der Waals surface area contributed by atoms with Crippen molar-refractivity contribution in [2.45, 2.75) is 161 Å². The van der Waals surface area contributed by atoms with Crippen LogP contribution in [0.15, 0.2) is 60.8 Å². The van der Waals surface area contributed by atoms with E-state index in [1.165, 1.54) is 12.8 Å². The fourth-order valence-corrected chi connectivity index (χ4v) is 4.94. The maximum atomic E-state index is 12.4. The van der Waals surface area contributed by atoms with E-state index in [1.54, 1.807) is 0 Å². The van der Waals surface area contributed by atoms with Gasteiger partial charge in [0, 0.05) is 12.8 Å². The highest BCUT2D eigenvalue weighted by atomic mass is 16.5. The van der Waals surface area contributed by atoms with Crippen LogP contribution in [0.3, 0.4) is 0 Å². The van der Waals surface area contributed by atoms with Crippen LogP contribution in [0.5, 0.6) is 0 Å². The molecule has 0 aliphatic rings. The minimum absolute atomic E-state index is 0.0672. The van der Waals surface area contributed by atoms with Crippen molar-refractivity contribution >= 4 is 17.8 Å². The molecule has 1 amide bonds. The van der Waals surface area contributed by atoms with E-state index in [0.29, 0.717) is 38.6 Å². The van der Waals surface area contributed by atoms with Crippen molar-refractivity contribution in [3.63, 3.8) is 0 Å². The molecule has 0 heterocycles. The molecule has 2 unspecified atom stereocenters. The van der Waals surface area contributed by atoms with Crippen molar-refractivity contribution in [2.75, 3.05) is 6.54 Å². The maximum Gasteiger partial charge on any atom is 0.326 e. The second-order valence-corrected chi connectivity index (χ2v) is 11.9. The highest BCUT2D eigenvalue weighted by Gasteiger charge is 2.19. The summed E-state index contributed by atoms with van der Waals surface area (Å²) in [5.74, 6) is -1.37. The van der Waals surface area contributed by atoms with Gasteiger partial charge in [0.1, 0.15) is 12.1 Å². The predicted molar refractivity (Wildman–Crippen MR) is 193 cm³/mol. The first-order valence-electron chi connectivity index (χ1n) is 18.1. The second-order valence-electron chi connectivity index (χ2n) is 11.9. The van der Waals surface area contributed by atoms with Gasteiger partial charge in [0.2, 0.25) is 5.91 Å². The first-order chi connectivity index (χ1) is 22.4. The van der Waals surface area contributed by atoms with Gasteiger partial charge in [0.25, 0.3) is 0 Å². The number of carbonyl (C=O) groups excluding carboxylic acids is 2. The SMILES string of the molecule is CC/C=C\C/C=C\C/C=C\C/C=C\C/C=C\CCCCCCCC(=O)OC(CCC)CCCCCC(=O)NC(CCCN)C(=O)O. The van der Waals surface area contributed by atoms with Gasteiger partial charge in [0.15, 0.2) is 0 Å². The highest BCUT2D eigenvalue weighted by Crippen LogP contribution is 2.16. The number of amides is 1. The molecule has 0 aromatic heterocycles. The van der Waals surface area contributed by atoms with Gasteiger partial charge in [-0.3, -0.25) is 9.59 Å². The summed E-state index contributed by atoms with van der Waals surface area (Å²) in [6, 6.07) is -0.876. The van der Waals surface area contributed by atoms with Crippen LogP contribution in [0, 0.1) is 0 Å². The lowest BCUT2D eigenvalue weighted by atomic mass is 10.0. The minimum Gasteiger partial charge on any atom is -0.480 e. The molecule has 0 aromatic rings. The highest BCUT2D eigenvalue weighted by molar-refractivity contribution is 5.83. The second kappa shape index (κ2) is 33.4. The van der Waals surface area contributed by atoms with Crippen molar-refractivity contribution in [3.05, 3.63) is 60.8 Å². The third kappa shape index (κ3) is 29.8. The molecule has 2 atom stereocenters. The molecular weight excluding hydrogens is 576 g/mol. The monoisotopic (exact) mass is 642 g/mol. The summed E-state index contributed by atoms with van der Waals surface area (Å²) in [5, 5.41) is 11.8. The Morgan fingerprint density at radius 3 is 1.78 bits per heavy atom. The zero-order chi connectivity index (χ0) is 33.9. The number of hydrogen-bond donors (Lipinski definition) is 3. The van der Waals surface area contributed by atoms with Gasteiger partial charge in [-0.15, -0.1) is 0 Å². The first-order valence-corrected chi connectivity index (χ1v) is 18.1. The van der Waals surface area contributed by atoms with Gasteiger partial charge in [-0.25, -0.2) is 4.79 Å². The number of nitrogens with one attached hydrogen (secondary N) is 1. The molecule has 0 spiro atoms. The summed E-state index contributed by atoms with van der Waals surface area (Å²) in [4.78, 5) is 35.8. The van der Waals surface area contributed by atoms with E-state index in [-0.39, 0.29) is 18.0 Å². The zero-order valence-corrected chi connectivity index (χ0v) is 29.1. The van der Waals surface area contributed by atoms with Crippen LogP contribution in [-0.4, -0.2) is 41.6 Å². The van der Waals surface area contributed by atoms with Crippen LogP contribution in [0.2, 0.25) is 0 Å². The van der Waals surface area contributed by atoms with E-state index in [1.807, 2.05) is 0 Å². The van der Waals surface area contributed by atoms with E-state index in [4.69, 9.17) is 10.5 Å². The summed E-state index contributed by atoms with van der Waals surface area (Å²) >= 11 is 0. The van der Waals surface area contributed by atoms with E-state index in [9.17, 15) is 19.5 Å². The maximum absolute atomic E-state index is 12.4. The molecule has 262 valence electrons. The Kier molecular flexibility index (Phi) is 31.3. The Balaban J connectivity index is 3.84. The summed E-state index contributed by atoms with van der Waals surface area (Å²) in [6.07, 6.45) is 40.5. The molecule has 7 heteroatoms. The van der Waals surface area contributed by atoms with Gasteiger partial charge < -0.3 is 20.9 Å². The lowest BCUT2D eigenvalue weighted by Gasteiger charge is -2.17. The van der Waals surface area contributed by atoms with Gasteiger partial charge in [0.05, 0.1) is 0 Å². The third-order valence-corrected chi connectivity index (χ3v) is 7.58. The fourth-order valence-electron chi connectivity index (χ4n) is 4.94. The van der Waals surface area contributed by atoms with Crippen LogP contribution < -0.4 is 11.1 Å². The quantitative estimate of drug-likeness (QED) is 0.0394. The Labute approximate surface area is 280 Å². The number of nitrogens with two attached hydrogens (primary N) is 1. The lowest BCUT2D eigenvalue weighted by Crippen LogP contribution is -2.40. The summed E-state index contributed by atoms with van der Waals surface area (Å²) < 4.78 is 5.76. The molecule has 0 aliphatic carbocycles. The number of aliphatic carboxylic acids is 1. The minimum atomic E-state index is -1.02. The van der Waals surface area contributed by atoms with Gasteiger partial charge >= 0.3 is 11.9 Å². The van der Waals surface area contributed by atoms with Crippen molar-refractivity contribution in [2.24, 2.45) is 5.73 Å². The summed E-state index contributed by atoms with van der Waals surface area (Å²) in [6.45, 7) is 4.64. The molecule has 4 N–H and O–H groups in total. The average molecular weight is 643 g/mol. The standard InChI is InChI=1S/C39H66N2O5/c1-3-5-6-7-8-9-10-11-12-13-14-15-16-17-18-19-20-21-22-23-27-33-38(43)46-35(29-4-2)30-25-24-26-32-37(42)41-36(39(44)45)31-28-34-40/h5-6,8-9,11-12,14-15,17-18,35-36H,3-4,7,10,13,16,19-34,40H2,1-2H3,(H,41,42)(H,44,45)/b6-5-,9-8-,12-11-,15-14-,18-17-. The van der Waals surface area contributed by atoms with Crippen LogP contribution in [-0.2, 0) is 19.1 Å². The van der Waals surface area contributed by atoms with Gasteiger partial charge in [-0.2, -0.15) is 0 Å². The smallest absolute Gasteiger partial charge is 0.326 e. The fraction of sp³-hybridized carbons (Fsp3) is 0.667. The number of hydrogen-bond acceptors (Lipinski definition) is 5. The van der Waals surface area contributed by atoms with Crippen molar-refractivity contribution in [1.82, 2.24) is 5.32 Å². The average Bonchev–Trinajstić information content (AvgIpc) is 3.03. The Hall–Kier alpha value is -2.93. The lowest BCUT2D eigenvalue weighted by molar-refractivity contribution is -0.150. The van der Waals surface area contributed by atoms with Crippen LogP contribution >= 0.6 is 0 Å². The number of carbonyl (C=O) groups is 3. The Bertz CT molecular complexity index is 906. The molecular formula is C39H66N2O5. The van der Waals surface area contributed by atoms with E-state index in [2.05, 4.69) is 79.9 Å². The zero-order valence-electron chi connectivity index (χ0n) is 29.1. The molecule has 0 radical (unpaired) electrons. The molecule has 7 nitrogen and oxygen atoms in total. The third-order valence-electron chi connectivity index (χ3n) is 7.58. The van der Waals surface area contributed by atoms with Crippen LogP contribution in [0.1, 0.15) is 149 Å². The molecule has 0 aromatic carbocycles. The number of ether oxygens (including phenoxy) is 1. The van der Waals surface area contributed by atoms with E-state index in [0.717, 1.165) is 89.9 Å². The topological polar surface area (TPSA) is 119 Å². The molecule has 0 fully saturated rings. The number of carboxylic acids is 1. The summed E-state index contributed by atoms with van der Waals surface area (Å²) in [5.41, 5.74) is 5.44. The number of unbranched alkanes of at least 4 members (excludes halogenated alkanes) is 7. The molecule has 0 rings (SSSR count). The molecule has 46 heavy (non-hydrogen) atoms. The normalized spacial score (nSPS) is 13.5.